The molecule has 0 bridgehead atoms. The molecule has 1 aliphatic rings. The second-order valence-electron chi connectivity index (χ2n) is 4.54. The summed E-state index contributed by atoms with van der Waals surface area (Å²) in [5, 5.41) is 4.17. The molecular formula is C14H14N2O3. The summed E-state index contributed by atoms with van der Waals surface area (Å²) in [6, 6.07) is 9.18. The zero-order valence-electron chi connectivity index (χ0n) is 10.8. The SMILES string of the molecule is Cc1cc(C)n(C(=O)C2COc3ccccc3O2)n1. The average molecular weight is 258 g/mol. The average Bonchev–Trinajstić information content (AvgIpc) is 2.76. The summed E-state index contributed by atoms with van der Waals surface area (Å²) in [4.78, 5) is 12.3. The largest absolute Gasteiger partial charge is 0.485 e. The molecule has 0 N–H and O–H groups in total. The molecule has 0 spiro atoms. The summed E-state index contributed by atoms with van der Waals surface area (Å²) in [6.07, 6.45) is -0.659. The Kier molecular flexibility index (Phi) is 2.74. The van der Waals surface area contributed by atoms with Gasteiger partial charge >= 0.3 is 0 Å². The van der Waals surface area contributed by atoms with Crippen molar-refractivity contribution in [2.75, 3.05) is 6.61 Å². The van der Waals surface area contributed by atoms with Crippen LogP contribution < -0.4 is 9.47 Å². The van der Waals surface area contributed by atoms with E-state index in [1.54, 1.807) is 6.07 Å². The molecule has 2 heterocycles. The first-order chi connectivity index (χ1) is 9.15. The maximum Gasteiger partial charge on any atom is 0.291 e. The van der Waals surface area contributed by atoms with E-state index in [1.807, 2.05) is 38.1 Å². The van der Waals surface area contributed by atoms with E-state index in [4.69, 9.17) is 9.47 Å². The van der Waals surface area contributed by atoms with E-state index in [0.717, 1.165) is 11.4 Å². The normalized spacial score (nSPS) is 17.3. The molecule has 0 saturated heterocycles. The van der Waals surface area contributed by atoms with Gasteiger partial charge in [-0.15, -0.1) is 0 Å². The smallest absolute Gasteiger partial charge is 0.291 e. The van der Waals surface area contributed by atoms with Gasteiger partial charge in [0, 0.05) is 5.69 Å². The molecule has 0 aliphatic carbocycles. The second kappa shape index (κ2) is 4.42. The predicted molar refractivity (Wildman–Crippen MR) is 68.7 cm³/mol. The number of hydrogen-bond donors (Lipinski definition) is 0. The van der Waals surface area contributed by atoms with Crippen LogP contribution in [0.15, 0.2) is 30.3 Å². The van der Waals surface area contributed by atoms with E-state index in [0.29, 0.717) is 11.5 Å². The van der Waals surface area contributed by atoms with Crippen molar-refractivity contribution in [3.8, 4) is 11.5 Å². The van der Waals surface area contributed by atoms with Gasteiger partial charge in [0.15, 0.2) is 11.5 Å². The number of nitrogens with zero attached hydrogens (tertiary/aromatic N) is 2. The lowest BCUT2D eigenvalue weighted by Gasteiger charge is -2.25. The van der Waals surface area contributed by atoms with Crippen LogP contribution in [0.5, 0.6) is 11.5 Å². The molecule has 3 rings (SSSR count). The van der Waals surface area contributed by atoms with Gasteiger partial charge in [0.2, 0.25) is 6.10 Å². The molecule has 98 valence electrons. The van der Waals surface area contributed by atoms with Gasteiger partial charge in [-0.25, -0.2) is 4.68 Å². The quantitative estimate of drug-likeness (QED) is 0.784. The summed E-state index contributed by atoms with van der Waals surface area (Å²) in [5.41, 5.74) is 1.60. The van der Waals surface area contributed by atoms with Gasteiger partial charge in [-0.3, -0.25) is 4.79 Å². The maximum atomic E-state index is 12.3. The van der Waals surface area contributed by atoms with Crippen LogP contribution in [-0.2, 0) is 0 Å². The monoisotopic (exact) mass is 258 g/mol. The highest BCUT2D eigenvalue weighted by Crippen LogP contribution is 2.31. The van der Waals surface area contributed by atoms with Crippen LogP contribution in [0.2, 0.25) is 0 Å². The number of para-hydroxylation sites is 2. The van der Waals surface area contributed by atoms with Crippen molar-refractivity contribution < 1.29 is 14.3 Å². The van der Waals surface area contributed by atoms with E-state index in [2.05, 4.69) is 5.10 Å². The van der Waals surface area contributed by atoms with Crippen molar-refractivity contribution in [2.24, 2.45) is 0 Å². The van der Waals surface area contributed by atoms with E-state index in [1.165, 1.54) is 4.68 Å². The second-order valence-corrected chi connectivity index (χ2v) is 4.54. The lowest BCUT2D eigenvalue weighted by Crippen LogP contribution is -2.40. The van der Waals surface area contributed by atoms with Gasteiger partial charge in [-0.1, -0.05) is 12.1 Å². The molecule has 1 aromatic heterocycles. The fourth-order valence-electron chi connectivity index (χ4n) is 2.13. The topological polar surface area (TPSA) is 53.4 Å². The van der Waals surface area contributed by atoms with Crippen molar-refractivity contribution >= 4 is 5.91 Å². The van der Waals surface area contributed by atoms with Crippen molar-refractivity contribution in [3.05, 3.63) is 41.7 Å². The predicted octanol–water partition coefficient (Wildman–Crippen LogP) is 1.98. The van der Waals surface area contributed by atoms with E-state index < -0.39 is 6.10 Å². The van der Waals surface area contributed by atoms with Gasteiger partial charge in [0.05, 0.1) is 5.69 Å². The number of aromatic nitrogens is 2. The van der Waals surface area contributed by atoms with Gasteiger partial charge in [-0.05, 0) is 32.0 Å². The number of fused-ring (bicyclic) bond motifs is 1. The van der Waals surface area contributed by atoms with Crippen LogP contribution in [0.4, 0.5) is 0 Å². The highest BCUT2D eigenvalue weighted by molar-refractivity contribution is 5.84. The van der Waals surface area contributed by atoms with Gasteiger partial charge in [0.1, 0.15) is 6.61 Å². The molecule has 19 heavy (non-hydrogen) atoms. The molecule has 0 fully saturated rings. The Morgan fingerprint density at radius 3 is 2.74 bits per heavy atom. The molecule has 2 aromatic rings. The lowest BCUT2D eigenvalue weighted by atomic mass is 10.2. The number of carbonyl (C=O) groups is 1. The summed E-state index contributed by atoms with van der Waals surface area (Å²) in [5.74, 6) is 1.05. The van der Waals surface area contributed by atoms with Crippen molar-refractivity contribution in [3.63, 3.8) is 0 Å². The van der Waals surface area contributed by atoms with Crippen molar-refractivity contribution in [2.45, 2.75) is 20.0 Å². The Morgan fingerprint density at radius 2 is 2.05 bits per heavy atom. The first kappa shape index (κ1) is 11.8. The van der Waals surface area contributed by atoms with E-state index in [-0.39, 0.29) is 12.5 Å². The number of hydrogen-bond acceptors (Lipinski definition) is 4. The third-order valence-corrected chi connectivity index (χ3v) is 3.00. The van der Waals surface area contributed by atoms with Crippen LogP contribution in [0.3, 0.4) is 0 Å². The van der Waals surface area contributed by atoms with Crippen molar-refractivity contribution in [1.82, 2.24) is 9.78 Å². The summed E-state index contributed by atoms with van der Waals surface area (Å²) in [6.45, 7) is 3.90. The third kappa shape index (κ3) is 2.07. The Balaban J connectivity index is 1.85. The fraction of sp³-hybridized carbons (Fsp3) is 0.286. The molecule has 0 saturated carbocycles. The minimum atomic E-state index is -0.659. The number of ether oxygens (including phenoxy) is 2. The van der Waals surface area contributed by atoms with Gasteiger partial charge in [0.25, 0.3) is 5.91 Å². The van der Waals surface area contributed by atoms with Gasteiger partial charge < -0.3 is 9.47 Å². The molecule has 0 radical (unpaired) electrons. The molecule has 1 unspecified atom stereocenters. The van der Waals surface area contributed by atoms with Crippen LogP contribution in [0.25, 0.3) is 0 Å². The summed E-state index contributed by atoms with van der Waals surface area (Å²) < 4.78 is 12.6. The van der Waals surface area contributed by atoms with Crippen molar-refractivity contribution in [1.29, 1.82) is 0 Å². The first-order valence-electron chi connectivity index (χ1n) is 6.11. The van der Waals surface area contributed by atoms with Gasteiger partial charge in [-0.2, -0.15) is 5.10 Å². The first-order valence-corrected chi connectivity index (χ1v) is 6.11. The highest BCUT2D eigenvalue weighted by Gasteiger charge is 2.29. The van der Waals surface area contributed by atoms with Crippen LogP contribution in [0.1, 0.15) is 16.2 Å². The molecule has 5 nitrogen and oxygen atoms in total. The Morgan fingerprint density at radius 1 is 1.32 bits per heavy atom. The molecular weight excluding hydrogens is 244 g/mol. The summed E-state index contributed by atoms with van der Waals surface area (Å²) >= 11 is 0. The van der Waals surface area contributed by atoms with Crippen LogP contribution in [-0.4, -0.2) is 28.4 Å². The standard InChI is InChI=1S/C14H14N2O3/c1-9-7-10(2)16(15-9)14(17)13-8-18-11-5-3-4-6-12(11)19-13/h3-7,13H,8H2,1-2H3. The van der Waals surface area contributed by atoms with E-state index >= 15 is 0 Å². The number of benzene rings is 1. The highest BCUT2D eigenvalue weighted by atomic mass is 16.6. The molecule has 1 aliphatic heterocycles. The van der Waals surface area contributed by atoms with Crippen LogP contribution >= 0.6 is 0 Å². The molecule has 0 amide bonds. The Labute approximate surface area is 110 Å². The van der Waals surface area contributed by atoms with E-state index in [9.17, 15) is 4.79 Å². The third-order valence-electron chi connectivity index (χ3n) is 3.00. The zero-order chi connectivity index (χ0) is 13.4. The zero-order valence-corrected chi connectivity index (χ0v) is 10.8. The minimum Gasteiger partial charge on any atom is -0.485 e. The lowest BCUT2D eigenvalue weighted by molar-refractivity contribution is 0.0482. The Hall–Kier alpha value is -2.30. The van der Waals surface area contributed by atoms with Crippen LogP contribution in [0, 0.1) is 13.8 Å². The number of carbonyl (C=O) groups excluding carboxylic acids is 1. The minimum absolute atomic E-state index is 0.203. The molecule has 1 aromatic carbocycles. The number of rotatable bonds is 1. The Bertz CT molecular complexity index is 633. The molecule has 1 atom stereocenters. The number of aryl methyl sites for hydroxylation is 2. The summed E-state index contributed by atoms with van der Waals surface area (Å²) in [7, 11) is 0. The molecule has 5 heteroatoms. The fourth-order valence-corrected chi connectivity index (χ4v) is 2.13. The maximum absolute atomic E-state index is 12.3.